The fourth-order valence-electron chi connectivity index (χ4n) is 5.19. The van der Waals surface area contributed by atoms with E-state index in [1.165, 1.54) is 0 Å². The van der Waals surface area contributed by atoms with Gasteiger partial charge in [-0.25, -0.2) is 9.78 Å². The van der Waals surface area contributed by atoms with E-state index >= 15 is 0 Å². The number of ether oxygens (including phenoxy) is 2. The first-order valence-electron chi connectivity index (χ1n) is 12.5. The Morgan fingerprint density at radius 2 is 2.06 bits per heavy atom. The molecule has 7 nitrogen and oxygen atoms in total. The molecule has 0 bridgehead atoms. The summed E-state index contributed by atoms with van der Waals surface area (Å²) >= 11 is 0. The maximum absolute atomic E-state index is 11.1. The summed E-state index contributed by atoms with van der Waals surface area (Å²) in [5.74, 6) is 1.19. The number of allylic oxidation sites excluding steroid dienone is 1. The molecule has 7 heteroatoms. The van der Waals surface area contributed by atoms with Crippen molar-refractivity contribution >= 4 is 12.0 Å². The maximum atomic E-state index is 11.1. The second kappa shape index (κ2) is 10.3. The van der Waals surface area contributed by atoms with Crippen molar-refractivity contribution in [3.05, 3.63) is 76.1 Å². The van der Waals surface area contributed by atoms with E-state index in [1.807, 2.05) is 52.1 Å². The third kappa shape index (κ3) is 5.41. The third-order valence-corrected chi connectivity index (χ3v) is 7.71. The molecule has 2 heterocycles. The van der Waals surface area contributed by atoms with Crippen molar-refractivity contribution in [1.29, 1.82) is 0 Å². The van der Waals surface area contributed by atoms with Gasteiger partial charge >= 0.3 is 5.97 Å². The first kappa shape index (κ1) is 25.8. The number of carboxylic acids is 1. The smallest absolute Gasteiger partial charge is 0.328 e. The lowest BCUT2D eigenvalue weighted by Crippen LogP contribution is -2.46. The van der Waals surface area contributed by atoms with Crippen LogP contribution in [0.15, 0.2) is 59.1 Å². The third-order valence-electron chi connectivity index (χ3n) is 7.71. The molecule has 192 valence electrons. The minimum absolute atomic E-state index is 0.0320. The van der Waals surface area contributed by atoms with Crippen LogP contribution in [0.1, 0.15) is 63.9 Å². The molecule has 1 aromatic heterocycles. The van der Waals surface area contributed by atoms with Crippen LogP contribution >= 0.6 is 0 Å². The Morgan fingerprint density at radius 1 is 1.28 bits per heavy atom. The van der Waals surface area contributed by atoms with E-state index in [9.17, 15) is 9.90 Å². The number of fused-ring (bicyclic) bond motifs is 1. The van der Waals surface area contributed by atoms with Crippen LogP contribution in [-0.2, 0) is 16.1 Å². The van der Waals surface area contributed by atoms with Gasteiger partial charge in [-0.15, -0.1) is 0 Å². The fraction of sp³-hybridized carbons (Fsp3) is 0.448. The summed E-state index contributed by atoms with van der Waals surface area (Å²) in [5.41, 5.74) is 4.44. The topological polar surface area (TPSA) is 93.8 Å². The van der Waals surface area contributed by atoms with Crippen LogP contribution in [0.4, 0.5) is 0 Å². The van der Waals surface area contributed by atoms with Crippen molar-refractivity contribution in [2.24, 2.45) is 5.92 Å². The Labute approximate surface area is 212 Å². The van der Waals surface area contributed by atoms with Crippen molar-refractivity contribution in [3.8, 4) is 5.75 Å². The molecule has 1 fully saturated rings. The minimum Gasteiger partial charge on any atom is -0.508 e. The van der Waals surface area contributed by atoms with Gasteiger partial charge in [0.2, 0.25) is 0 Å². The van der Waals surface area contributed by atoms with Crippen molar-refractivity contribution in [3.63, 3.8) is 0 Å². The number of imidazole rings is 1. The first-order chi connectivity index (χ1) is 17.1. The number of benzene rings is 1. The van der Waals surface area contributed by atoms with Crippen LogP contribution in [0.25, 0.3) is 6.08 Å². The number of carbonyl (C=O) groups is 1. The van der Waals surface area contributed by atoms with Crippen LogP contribution in [0, 0.1) is 12.8 Å². The average Bonchev–Trinajstić information content (AvgIpc) is 3.24. The van der Waals surface area contributed by atoms with E-state index < -0.39 is 5.97 Å². The normalized spacial score (nSPS) is 24.4. The van der Waals surface area contributed by atoms with Gasteiger partial charge in [0, 0.05) is 42.9 Å². The molecule has 36 heavy (non-hydrogen) atoms. The summed E-state index contributed by atoms with van der Waals surface area (Å²) in [6, 6.07) is 5.83. The van der Waals surface area contributed by atoms with Crippen molar-refractivity contribution in [2.45, 2.75) is 72.1 Å². The summed E-state index contributed by atoms with van der Waals surface area (Å²) in [7, 11) is 0. The molecule has 1 aliphatic heterocycles. The molecule has 0 spiro atoms. The number of hydrogen-bond acceptors (Lipinski definition) is 5. The maximum Gasteiger partial charge on any atom is 0.328 e. The van der Waals surface area contributed by atoms with Gasteiger partial charge in [-0.3, -0.25) is 0 Å². The van der Waals surface area contributed by atoms with E-state index in [4.69, 9.17) is 14.6 Å². The van der Waals surface area contributed by atoms with Crippen molar-refractivity contribution in [1.82, 2.24) is 9.55 Å². The number of aryl methyl sites for hydroxylation is 1. The number of nitrogens with zero attached hydrogens (tertiary/aromatic N) is 2. The SMILES string of the molecule is CC1=C(C)C2OC(C)(CCOc3cc(Cn4ccnc4C)ccc3/C=C/C(=O)O)CCC2C(C)=C1O. The molecule has 0 radical (unpaired) electrons. The highest BCUT2D eigenvalue weighted by atomic mass is 16.5. The lowest BCUT2D eigenvalue weighted by molar-refractivity contribution is -0.131. The lowest BCUT2D eigenvalue weighted by atomic mass is 9.74. The summed E-state index contributed by atoms with van der Waals surface area (Å²) in [5, 5.41) is 19.6. The minimum atomic E-state index is -1.00. The summed E-state index contributed by atoms with van der Waals surface area (Å²) < 4.78 is 14.9. The number of aliphatic carboxylic acids is 1. The molecule has 3 unspecified atom stereocenters. The Kier molecular flexibility index (Phi) is 7.41. The molecule has 2 aliphatic rings. The molecular formula is C29H36N2O5. The molecule has 2 N–H and O–H groups in total. The van der Waals surface area contributed by atoms with E-state index in [1.54, 1.807) is 12.3 Å². The van der Waals surface area contributed by atoms with Crippen LogP contribution in [0.2, 0.25) is 0 Å². The molecule has 1 aromatic carbocycles. The van der Waals surface area contributed by atoms with Crippen molar-refractivity contribution in [2.75, 3.05) is 6.61 Å². The van der Waals surface area contributed by atoms with Gasteiger partial charge in [0.1, 0.15) is 17.3 Å². The first-order valence-corrected chi connectivity index (χ1v) is 12.5. The van der Waals surface area contributed by atoms with E-state index in [2.05, 4.69) is 16.5 Å². The van der Waals surface area contributed by atoms with Crippen LogP contribution in [0.5, 0.6) is 5.75 Å². The van der Waals surface area contributed by atoms with Gasteiger partial charge in [-0.1, -0.05) is 12.1 Å². The Hall–Kier alpha value is -3.32. The molecule has 1 saturated heterocycles. The van der Waals surface area contributed by atoms with Gasteiger partial charge in [0.25, 0.3) is 0 Å². The molecule has 3 atom stereocenters. The van der Waals surface area contributed by atoms with E-state index in [-0.39, 0.29) is 17.6 Å². The monoisotopic (exact) mass is 492 g/mol. The van der Waals surface area contributed by atoms with E-state index in [0.717, 1.165) is 52.6 Å². The Morgan fingerprint density at radius 3 is 2.75 bits per heavy atom. The number of rotatable bonds is 8. The summed E-state index contributed by atoms with van der Waals surface area (Å²) in [4.78, 5) is 15.4. The molecule has 4 rings (SSSR count). The average molecular weight is 493 g/mol. The predicted octanol–water partition coefficient (Wildman–Crippen LogP) is 5.84. The standard InChI is InChI=1S/C29H36N2O5/c1-18-19(2)28-24(20(3)27(18)34)10-11-29(5,36-28)12-15-35-25-16-22(17-31-14-13-30-21(31)4)6-7-23(25)8-9-26(32)33/h6-9,13-14,16,24,28,34H,10-12,15,17H2,1-5H3,(H,32,33)/b9-8+. The number of aliphatic hydroxyl groups excluding tert-OH is 1. The summed E-state index contributed by atoms with van der Waals surface area (Å²) in [6.45, 7) is 11.2. The van der Waals surface area contributed by atoms with Gasteiger partial charge in [0.15, 0.2) is 0 Å². The van der Waals surface area contributed by atoms with Crippen LogP contribution in [-0.4, -0.2) is 44.0 Å². The van der Waals surface area contributed by atoms with Gasteiger partial charge < -0.3 is 24.3 Å². The highest BCUT2D eigenvalue weighted by Gasteiger charge is 2.43. The molecule has 0 amide bonds. The highest BCUT2D eigenvalue weighted by molar-refractivity contribution is 5.85. The highest BCUT2D eigenvalue weighted by Crippen LogP contribution is 2.45. The second-order valence-corrected chi connectivity index (χ2v) is 10.2. The lowest BCUT2D eigenvalue weighted by Gasteiger charge is -2.46. The van der Waals surface area contributed by atoms with Crippen molar-refractivity contribution < 1.29 is 24.5 Å². The number of aliphatic hydroxyl groups is 1. The zero-order valence-corrected chi connectivity index (χ0v) is 21.7. The zero-order chi connectivity index (χ0) is 26.0. The van der Waals surface area contributed by atoms with Crippen LogP contribution in [0.3, 0.4) is 0 Å². The predicted molar refractivity (Wildman–Crippen MR) is 139 cm³/mol. The number of carboxylic acid groups (broad SMARTS) is 1. The molecular weight excluding hydrogens is 456 g/mol. The fourth-order valence-corrected chi connectivity index (χ4v) is 5.19. The van der Waals surface area contributed by atoms with Crippen LogP contribution < -0.4 is 4.74 Å². The summed E-state index contributed by atoms with van der Waals surface area (Å²) in [6.07, 6.45) is 8.89. The Balaban J connectivity index is 1.47. The second-order valence-electron chi connectivity index (χ2n) is 10.2. The van der Waals surface area contributed by atoms with Gasteiger partial charge in [-0.2, -0.15) is 0 Å². The quantitative estimate of drug-likeness (QED) is 0.450. The largest absolute Gasteiger partial charge is 0.508 e. The van der Waals surface area contributed by atoms with Gasteiger partial charge in [-0.05, 0) is 81.9 Å². The zero-order valence-electron chi connectivity index (χ0n) is 21.7. The Bertz CT molecular complexity index is 1240. The molecule has 1 aliphatic carbocycles. The molecule has 0 saturated carbocycles. The molecule has 2 aromatic rings. The number of aromatic nitrogens is 2. The number of hydrogen-bond donors (Lipinski definition) is 2. The van der Waals surface area contributed by atoms with E-state index in [0.29, 0.717) is 31.1 Å². The van der Waals surface area contributed by atoms with Gasteiger partial charge in [0.05, 0.1) is 18.3 Å².